The SMILES string of the molecule is CCOC(=O)c1ccc(N=Cc2cc3c(cc2F)N(C)C(C)(C)C=C3C)cc1. The van der Waals surface area contributed by atoms with E-state index in [0.29, 0.717) is 23.4 Å². The van der Waals surface area contributed by atoms with Crippen molar-refractivity contribution in [2.24, 2.45) is 4.99 Å². The Morgan fingerprint density at radius 1 is 1.25 bits per heavy atom. The molecule has 1 aliphatic rings. The number of fused-ring (bicyclic) bond motifs is 1. The van der Waals surface area contributed by atoms with Crippen molar-refractivity contribution in [2.75, 3.05) is 18.6 Å². The van der Waals surface area contributed by atoms with E-state index in [1.54, 1.807) is 37.3 Å². The number of nitrogens with zero attached hydrogens (tertiary/aromatic N) is 2. The van der Waals surface area contributed by atoms with Crippen molar-refractivity contribution in [2.45, 2.75) is 33.2 Å². The van der Waals surface area contributed by atoms with Crippen molar-refractivity contribution >= 4 is 29.1 Å². The van der Waals surface area contributed by atoms with E-state index in [9.17, 15) is 9.18 Å². The fraction of sp³-hybridized carbons (Fsp3) is 0.304. The summed E-state index contributed by atoms with van der Waals surface area (Å²) >= 11 is 0. The lowest BCUT2D eigenvalue weighted by Crippen LogP contribution is -2.42. The number of carbonyl (C=O) groups is 1. The molecule has 0 saturated heterocycles. The fourth-order valence-corrected chi connectivity index (χ4v) is 3.33. The molecule has 1 heterocycles. The van der Waals surface area contributed by atoms with Crippen LogP contribution >= 0.6 is 0 Å². The number of hydrogen-bond donors (Lipinski definition) is 0. The van der Waals surface area contributed by atoms with Crippen LogP contribution in [-0.2, 0) is 4.74 Å². The molecule has 0 aliphatic carbocycles. The van der Waals surface area contributed by atoms with Crippen LogP contribution in [0.1, 0.15) is 49.2 Å². The van der Waals surface area contributed by atoms with E-state index in [1.807, 2.05) is 20.0 Å². The topological polar surface area (TPSA) is 41.9 Å². The summed E-state index contributed by atoms with van der Waals surface area (Å²) in [6.45, 7) is 8.34. The van der Waals surface area contributed by atoms with Crippen molar-refractivity contribution < 1.29 is 13.9 Å². The van der Waals surface area contributed by atoms with Gasteiger partial charge in [0.1, 0.15) is 5.82 Å². The van der Waals surface area contributed by atoms with E-state index in [1.165, 1.54) is 6.21 Å². The molecule has 2 aromatic carbocycles. The zero-order valence-electron chi connectivity index (χ0n) is 16.9. The minimum atomic E-state index is -0.368. The average Bonchev–Trinajstić information content (AvgIpc) is 2.65. The third kappa shape index (κ3) is 3.84. The van der Waals surface area contributed by atoms with Crippen LogP contribution in [0, 0.1) is 5.82 Å². The average molecular weight is 380 g/mol. The summed E-state index contributed by atoms with van der Waals surface area (Å²) in [4.78, 5) is 18.1. The quantitative estimate of drug-likeness (QED) is 0.528. The Bertz CT molecular complexity index is 959. The van der Waals surface area contributed by atoms with E-state index in [-0.39, 0.29) is 17.3 Å². The highest BCUT2D eigenvalue weighted by molar-refractivity contribution is 5.91. The molecule has 0 spiro atoms. The van der Waals surface area contributed by atoms with Gasteiger partial charge in [-0.2, -0.15) is 0 Å². The molecule has 5 heteroatoms. The van der Waals surface area contributed by atoms with Crippen molar-refractivity contribution in [1.82, 2.24) is 0 Å². The summed E-state index contributed by atoms with van der Waals surface area (Å²) in [6, 6.07) is 10.1. The molecule has 0 bridgehead atoms. The highest BCUT2D eigenvalue weighted by Crippen LogP contribution is 2.38. The van der Waals surface area contributed by atoms with Crippen LogP contribution in [0.25, 0.3) is 5.57 Å². The molecule has 0 fully saturated rings. The van der Waals surface area contributed by atoms with Gasteiger partial charge in [-0.05, 0) is 69.7 Å². The maximum Gasteiger partial charge on any atom is 0.338 e. The number of anilines is 1. The molecule has 146 valence electrons. The number of halogens is 1. The van der Waals surface area contributed by atoms with Crippen molar-refractivity contribution in [1.29, 1.82) is 0 Å². The van der Waals surface area contributed by atoms with Crippen molar-refractivity contribution in [3.8, 4) is 0 Å². The Kier molecular flexibility index (Phi) is 5.36. The molecule has 2 aromatic rings. The van der Waals surface area contributed by atoms with E-state index in [2.05, 4.69) is 29.8 Å². The third-order valence-electron chi connectivity index (χ3n) is 5.07. The summed E-state index contributed by atoms with van der Waals surface area (Å²) in [7, 11) is 1.97. The summed E-state index contributed by atoms with van der Waals surface area (Å²) in [5, 5.41) is 0. The van der Waals surface area contributed by atoms with Crippen molar-refractivity contribution in [3.05, 3.63) is 65.0 Å². The van der Waals surface area contributed by atoms with E-state index in [4.69, 9.17) is 4.74 Å². The predicted molar refractivity (Wildman–Crippen MR) is 112 cm³/mol. The Balaban J connectivity index is 1.88. The first kappa shape index (κ1) is 19.8. The van der Waals surface area contributed by atoms with Crippen LogP contribution in [0.5, 0.6) is 0 Å². The van der Waals surface area contributed by atoms with Crippen LogP contribution < -0.4 is 4.90 Å². The first-order valence-corrected chi connectivity index (χ1v) is 9.31. The fourth-order valence-electron chi connectivity index (χ4n) is 3.33. The smallest absolute Gasteiger partial charge is 0.338 e. The minimum Gasteiger partial charge on any atom is -0.462 e. The van der Waals surface area contributed by atoms with Crippen LogP contribution in [-0.4, -0.2) is 31.4 Å². The lowest BCUT2D eigenvalue weighted by molar-refractivity contribution is 0.0526. The molecule has 0 atom stereocenters. The molecule has 0 saturated carbocycles. The highest BCUT2D eigenvalue weighted by Gasteiger charge is 2.29. The van der Waals surface area contributed by atoms with Gasteiger partial charge in [0.25, 0.3) is 0 Å². The largest absolute Gasteiger partial charge is 0.462 e. The number of hydrogen-bond acceptors (Lipinski definition) is 4. The zero-order valence-corrected chi connectivity index (χ0v) is 16.9. The second-order valence-corrected chi connectivity index (χ2v) is 7.46. The van der Waals surface area contributed by atoms with Crippen LogP contribution in [0.2, 0.25) is 0 Å². The van der Waals surface area contributed by atoms with E-state index < -0.39 is 0 Å². The molecule has 28 heavy (non-hydrogen) atoms. The lowest BCUT2D eigenvalue weighted by atomic mass is 9.88. The molecule has 0 radical (unpaired) electrons. The van der Waals surface area contributed by atoms with Gasteiger partial charge in [-0.15, -0.1) is 0 Å². The van der Waals surface area contributed by atoms with Gasteiger partial charge in [-0.25, -0.2) is 9.18 Å². The van der Waals surface area contributed by atoms with Gasteiger partial charge in [0.05, 0.1) is 23.4 Å². The molecule has 3 rings (SSSR count). The third-order valence-corrected chi connectivity index (χ3v) is 5.07. The number of rotatable bonds is 4. The number of carbonyl (C=O) groups excluding carboxylic acids is 1. The maximum atomic E-state index is 14.7. The first-order valence-electron chi connectivity index (χ1n) is 9.31. The lowest BCUT2D eigenvalue weighted by Gasteiger charge is -2.40. The first-order chi connectivity index (χ1) is 13.2. The molecule has 4 nitrogen and oxygen atoms in total. The number of allylic oxidation sites excluding steroid dienone is 1. The molecular weight excluding hydrogens is 355 g/mol. The highest BCUT2D eigenvalue weighted by atomic mass is 19.1. The number of likely N-dealkylation sites (N-methyl/N-ethyl adjacent to an activating group) is 1. The van der Waals surface area contributed by atoms with E-state index in [0.717, 1.165) is 16.8 Å². The van der Waals surface area contributed by atoms with Crippen LogP contribution in [0.3, 0.4) is 0 Å². The summed E-state index contributed by atoms with van der Waals surface area (Å²) in [6.07, 6.45) is 3.70. The second-order valence-electron chi connectivity index (χ2n) is 7.46. The monoisotopic (exact) mass is 380 g/mol. The number of ether oxygens (including phenoxy) is 1. The number of esters is 1. The number of benzene rings is 2. The predicted octanol–water partition coefficient (Wildman–Crippen LogP) is 5.38. The van der Waals surface area contributed by atoms with Crippen LogP contribution in [0.15, 0.2) is 47.5 Å². The Morgan fingerprint density at radius 3 is 2.57 bits per heavy atom. The summed E-state index contributed by atoms with van der Waals surface area (Å²) in [5.41, 5.74) is 4.35. The van der Waals surface area contributed by atoms with Crippen molar-refractivity contribution in [3.63, 3.8) is 0 Å². The Morgan fingerprint density at radius 2 is 1.93 bits per heavy atom. The normalized spacial score (nSPS) is 15.4. The van der Waals surface area contributed by atoms with Crippen LogP contribution in [0.4, 0.5) is 15.8 Å². The molecule has 1 aliphatic heterocycles. The number of aliphatic imine (C=N–C) groups is 1. The molecular formula is C23H25FN2O2. The van der Waals surface area contributed by atoms with Gasteiger partial charge >= 0.3 is 5.97 Å². The molecule has 0 N–H and O–H groups in total. The Labute approximate surface area is 165 Å². The maximum absolute atomic E-state index is 14.7. The molecule has 0 amide bonds. The second kappa shape index (κ2) is 7.58. The molecule has 0 unspecified atom stereocenters. The summed E-state index contributed by atoms with van der Waals surface area (Å²) in [5.74, 6) is -0.684. The van der Waals surface area contributed by atoms with Gasteiger partial charge in [0, 0.05) is 30.1 Å². The van der Waals surface area contributed by atoms with Gasteiger partial charge in [0.15, 0.2) is 0 Å². The standard InChI is InChI=1S/C23H25FN2O2/c1-6-28-22(27)16-7-9-18(10-8-16)25-14-17-11-19-15(2)13-23(3,4)26(5)21(19)12-20(17)24/h7-14H,6H2,1-5H3. The molecule has 0 aromatic heterocycles. The summed E-state index contributed by atoms with van der Waals surface area (Å²) < 4.78 is 19.7. The van der Waals surface area contributed by atoms with Gasteiger partial charge < -0.3 is 9.64 Å². The van der Waals surface area contributed by atoms with Gasteiger partial charge in [-0.3, -0.25) is 4.99 Å². The minimum absolute atomic E-state index is 0.167. The Hall–Kier alpha value is -2.95. The van der Waals surface area contributed by atoms with Gasteiger partial charge in [-0.1, -0.05) is 6.08 Å². The zero-order chi connectivity index (χ0) is 20.5. The van der Waals surface area contributed by atoms with Gasteiger partial charge in [0.2, 0.25) is 0 Å². The van der Waals surface area contributed by atoms with E-state index >= 15 is 0 Å².